The molecule has 1 N–H and O–H groups in total. The largest absolute Gasteiger partial charge is 0.355 e. The second-order valence-electron chi connectivity index (χ2n) is 6.45. The van der Waals surface area contributed by atoms with E-state index < -0.39 is 30.1 Å². The molecule has 1 saturated carbocycles. The fourth-order valence-corrected chi connectivity index (χ4v) is 3.78. The van der Waals surface area contributed by atoms with Gasteiger partial charge in [0.25, 0.3) is 5.92 Å². The molecule has 0 spiro atoms. The molecule has 0 aliphatic heterocycles. The monoisotopic (exact) mass is 387 g/mol. The summed E-state index contributed by atoms with van der Waals surface area (Å²) in [6.45, 7) is 0.333. The highest BCUT2D eigenvalue weighted by molar-refractivity contribution is 6.34. The minimum absolute atomic E-state index is 0.319. The minimum Gasteiger partial charge on any atom is -0.355 e. The van der Waals surface area contributed by atoms with Crippen molar-refractivity contribution in [3.05, 3.63) is 52.0 Å². The lowest BCUT2D eigenvalue weighted by Crippen LogP contribution is -2.58. The van der Waals surface area contributed by atoms with E-state index >= 15 is 0 Å². The van der Waals surface area contributed by atoms with Gasteiger partial charge in [-0.3, -0.25) is 4.79 Å². The van der Waals surface area contributed by atoms with Crippen LogP contribution in [0.2, 0.25) is 10.0 Å². The van der Waals surface area contributed by atoms with Crippen LogP contribution in [0.5, 0.6) is 0 Å². The molecule has 0 atom stereocenters. The highest BCUT2D eigenvalue weighted by Crippen LogP contribution is 2.54. The summed E-state index contributed by atoms with van der Waals surface area (Å²) in [5.74, 6) is -3.30. The second-order valence-corrected chi connectivity index (χ2v) is 7.32. The Balaban J connectivity index is 1.76. The van der Waals surface area contributed by atoms with Crippen molar-refractivity contribution >= 4 is 29.1 Å². The standard InChI is InChI=1S/C17H17Cl2F2N3O/c1-24-10-22-7-14(24)2-3-23-15(25)16(8-17(20,21)9-16)11-4-12(18)6-13(19)5-11/h4-7,10H,2-3,8-9H2,1H3,(H,23,25). The number of imidazole rings is 1. The Morgan fingerprint density at radius 1 is 1.28 bits per heavy atom. The Hall–Kier alpha value is -1.66. The first kappa shape index (κ1) is 18.1. The van der Waals surface area contributed by atoms with Gasteiger partial charge >= 0.3 is 0 Å². The molecule has 8 heteroatoms. The number of aromatic nitrogens is 2. The number of hydrogen-bond acceptors (Lipinski definition) is 2. The van der Waals surface area contributed by atoms with Crippen LogP contribution in [0.1, 0.15) is 24.1 Å². The maximum atomic E-state index is 13.6. The van der Waals surface area contributed by atoms with E-state index in [1.54, 1.807) is 12.5 Å². The SMILES string of the molecule is Cn1cncc1CCNC(=O)C1(c2cc(Cl)cc(Cl)c2)CC(F)(F)C1. The van der Waals surface area contributed by atoms with E-state index in [0.29, 0.717) is 28.6 Å². The number of alkyl halides is 2. The van der Waals surface area contributed by atoms with Crippen LogP contribution in [0, 0.1) is 0 Å². The molecular weight excluding hydrogens is 371 g/mol. The summed E-state index contributed by atoms with van der Waals surface area (Å²) in [7, 11) is 1.85. The molecule has 1 amide bonds. The molecule has 0 bridgehead atoms. The van der Waals surface area contributed by atoms with Crippen molar-refractivity contribution in [2.24, 2.45) is 7.05 Å². The number of aryl methyl sites for hydroxylation is 1. The highest BCUT2D eigenvalue weighted by atomic mass is 35.5. The first-order valence-electron chi connectivity index (χ1n) is 7.80. The van der Waals surface area contributed by atoms with Gasteiger partial charge in [0.15, 0.2) is 0 Å². The van der Waals surface area contributed by atoms with Crippen LogP contribution in [-0.4, -0.2) is 27.9 Å². The lowest BCUT2D eigenvalue weighted by molar-refractivity contribution is -0.158. The van der Waals surface area contributed by atoms with Gasteiger partial charge in [-0.05, 0) is 23.8 Å². The van der Waals surface area contributed by atoms with Gasteiger partial charge in [0.05, 0.1) is 11.7 Å². The predicted molar refractivity (Wildman–Crippen MR) is 92.2 cm³/mol. The smallest absolute Gasteiger partial charge is 0.250 e. The maximum absolute atomic E-state index is 13.6. The molecule has 2 aromatic rings. The number of carbonyl (C=O) groups is 1. The molecular formula is C17H17Cl2F2N3O. The number of benzene rings is 1. The maximum Gasteiger partial charge on any atom is 0.250 e. The lowest BCUT2D eigenvalue weighted by Gasteiger charge is -2.46. The summed E-state index contributed by atoms with van der Waals surface area (Å²) in [6.07, 6.45) is 2.84. The molecule has 3 rings (SSSR count). The Morgan fingerprint density at radius 3 is 2.44 bits per heavy atom. The Morgan fingerprint density at radius 2 is 1.92 bits per heavy atom. The van der Waals surface area contributed by atoms with Crippen LogP contribution in [0.3, 0.4) is 0 Å². The summed E-state index contributed by atoms with van der Waals surface area (Å²) in [5.41, 5.74) is 0.0675. The predicted octanol–water partition coefficient (Wildman–Crippen LogP) is 3.75. The first-order chi connectivity index (χ1) is 11.7. The second kappa shape index (κ2) is 6.57. The summed E-state index contributed by atoms with van der Waals surface area (Å²) in [5, 5.41) is 3.41. The van der Waals surface area contributed by atoms with Crippen LogP contribution in [0.25, 0.3) is 0 Å². The van der Waals surface area contributed by atoms with Crippen molar-refractivity contribution in [2.45, 2.75) is 30.6 Å². The van der Waals surface area contributed by atoms with Crippen molar-refractivity contribution in [1.29, 1.82) is 0 Å². The third-order valence-electron chi connectivity index (χ3n) is 4.55. The fourth-order valence-electron chi connectivity index (χ4n) is 3.26. The van der Waals surface area contributed by atoms with Gasteiger partial charge in [-0.2, -0.15) is 0 Å². The topological polar surface area (TPSA) is 46.9 Å². The van der Waals surface area contributed by atoms with Gasteiger partial charge in [0.2, 0.25) is 5.91 Å². The van der Waals surface area contributed by atoms with Crippen molar-refractivity contribution in [1.82, 2.24) is 14.9 Å². The fraction of sp³-hybridized carbons (Fsp3) is 0.412. The number of hydrogen-bond donors (Lipinski definition) is 1. The molecule has 0 saturated heterocycles. The highest BCUT2D eigenvalue weighted by Gasteiger charge is 2.61. The van der Waals surface area contributed by atoms with Crippen LogP contribution >= 0.6 is 23.2 Å². The Kier molecular flexibility index (Phi) is 4.77. The molecule has 1 aromatic heterocycles. The third kappa shape index (κ3) is 3.65. The molecule has 134 valence electrons. The van der Waals surface area contributed by atoms with Gasteiger partial charge in [-0.1, -0.05) is 23.2 Å². The van der Waals surface area contributed by atoms with E-state index in [-0.39, 0.29) is 0 Å². The van der Waals surface area contributed by atoms with E-state index in [9.17, 15) is 13.6 Å². The van der Waals surface area contributed by atoms with E-state index in [2.05, 4.69) is 10.3 Å². The quantitative estimate of drug-likeness (QED) is 0.848. The molecule has 1 aromatic carbocycles. The molecule has 4 nitrogen and oxygen atoms in total. The lowest BCUT2D eigenvalue weighted by atomic mass is 9.61. The molecule has 1 aliphatic carbocycles. The summed E-state index contributed by atoms with van der Waals surface area (Å²) < 4.78 is 29.1. The third-order valence-corrected chi connectivity index (χ3v) is 4.99. The van der Waals surface area contributed by atoms with E-state index in [1.165, 1.54) is 18.2 Å². The van der Waals surface area contributed by atoms with Gasteiger partial charge in [-0.25, -0.2) is 13.8 Å². The van der Waals surface area contributed by atoms with Crippen LogP contribution in [0.4, 0.5) is 8.78 Å². The molecule has 25 heavy (non-hydrogen) atoms. The van der Waals surface area contributed by atoms with Crippen LogP contribution in [0.15, 0.2) is 30.7 Å². The van der Waals surface area contributed by atoms with Crippen LogP contribution < -0.4 is 5.32 Å². The number of halogens is 4. The van der Waals surface area contributed by atoms with Crippen molar-refractivity contribution in [2.75, 3.05) is 6.54 Å². The number of amides is 1. The number of rotatable bonds is 5. The summed E-state index contributed by atoms with van der Waals surface area (Å²) in [4.78, 5) is 16.7. The Labute approximate surface area is 154 Å². The van der Waals surface area contributed by atoms with Gasteiger partial charge in [0.1, 0.15) is 0 Å². The van der Waals surface area contributed by atoms with Gasteiger partial charge in [-0.15, -0.1) is 0 Å². The minimum atomic E-state index is -2.87. The molecule has 0 unspecified atom stereocenters. The van der Waals surface area contributed by atoms with E-state index in [1.807, 2.05) is 11.6 Å². The normalized spacial score (nSPS) is 17.8. The number of nitrogens with zero attached hydrogens (tertiary/aromatic N) is 2. The average molecular weight is 388 g/mol. The van der Waals surface area contributed by atoms with Crippen molar-refractivity contribution < 1.29 is 13.6 Å². The van der Waals surface area contributed by atoms with Gasteiger partial charge < -0.3 is 9.88 Å². The number of carbonyl (C=O) groups excluding carboxylic acids is 1. The van der Waals surface area contributed by atoms with Crippen molar-refractivity contribution in [3.63, 3.8) is 0 Å². The molecule has 0 radical (unpaired) electrons. The number of nitrogens with one attached hydrogen (secondary N) is 1. The van der Waals surface area contributed by atoms with Gasteiger partial charge in [0, 0.05) is 54.8 Å². The molecule has 1 aliphatic rings. The zero-order valence-electron chi connectivity index (χ0n) is 13.5. The zero-order valence-corrected chi connectivity index (χ0v) is 15.0. The zero-order chi connectivity index (χ0) is 18.2. The van der Waals surface area contributed by atoms with Crippen molar-refractivity contribution in [3.8, 4) is 0 Å². The van der Waals surface area contributed by atoms with E-state index in [4.69, 9.17) is 23.2 Å². The summed E-state index contributed by atoms with van der Waals surface area (Å²) in [6, 6.07) is 4.57. The van der Waals surface area contributed by atoms with E-state index in [0.717, 1.165) is 5.69 Å². The molecule has 1 heterocycles. The van der Waals surface area contributed by atoms with Crippen LogP contribution in [-0.2, 0) is 23.7 Å². The Bertz CT molecular complexity index is 779. The first-order valence-corrected chi connectivity index (χ1v) is 8.55. The summed E-state index contributed by atoms with van der Waals surface area (Å²) >= 11 is 12.0. The average Bonchev–Trinajstić information content (AvgIpc) is 2.88. The molecule has 1 fully saturated rings.